The van der Waals surface area contributed by atoms with Crippen molar-refractivity contribution in [3.63, 3.8) is 0 Å². The normalized spacial score (nSPS) is 23.0. The van der Waals surface area contributed by atoms with E-state index in [0.717, 1.165) is 71.5 Å². The van der Waals surface area contributed by atoms with Gasteiger partial charge in [-0.15, -0.1) is 0 Å². The molecule has 3 saturated carbocycles. The maximum absolute atomic E-state index is 14.6. The number of unbranched alkanes of at least 4 members (excludes halogenated alkanes) is 1. The summed E-state index contributed by atoms with van der Waals surface area (Å²) in [5.74, 6) is 2.94. The highest BCUT2D eigenvalue weighted by Gasteiger charge is 2.59. The number of aliphatic hydroxyl groups excluding tert-OH is 1. The van der Waals surface area contributed by atoms with Crippen molar-refractivity contribution < 1.29 is 39.1 Å². The summed E-state index contributed by atoms with van der Waals surface area (Å²) < 4.78 is 6.50. The van der Waals surface area contributed by atoms with Crippen LogP contribution in [0.25, 0.3) is 0 Å². The van der Waals surface area contributed by atoms with Crippen LogP contribution >= 0.6 is 0 Å². The highest BCUT2D eigenvalue weighted by molar-refractivity contribution is 5.98. The van der Waals surface area contributed by atoms with Gasteiger partial charge in [-0.2, -0.15) is 0 Å². The Morgan fingerprint density at radius 2 is 1.34 bits per heavy atom. The highest BCUT2D eigenvalue weighted by Crippen LogP contribution is 2.67. The van der Waals surface area contributed by atoms with Crippen molar-refractivity contribution in [3.05, 3.63) is 183 Å². The molecule has 10 atom stereocenters. The number of nitrogens with one attached hydrogen (secondary N) is 5. The van der Waals surface area contributed by atoms with E-state index >= 15 is 0 Å². The van der Waals surface area contributed by atoms with Crippen LogP contribution in [0, 0.1) is 56.5 Å². The van der Waals surface area contributed by atoms with Gasteiger partial charge in [0.1, 0.15) is 17.8 Å². The second-order valence-electron chi connectivity index (χ2n) is 27.3. The molecule has 9 rings (SSSR count). The molecule has 4 aliphatic carbocycles. The molecule has 3 fully saturated rings. The molecular weight excluding hydrogens is 1130 g/mol. The van der Waals surface area contributed by atoms with Crippen molar-refractivity contribution in [2.45, 2.75) is 181 Å². The predicted molar refractivity (Wildman–Crippen MR) is 354 cm³/mol. The van der Waals surface area contributed by atoms with Crippen LogP contribution in [0.4, 0.5) is 11.4 Å². The van der Waals surface area contributed by atoms with Crippen LogP contribution in [0.1, 0.15) is 172 Å². The fourth-order valence-electron chi connectivity index (χ4n) is 16.2. The minimum absolute atomic E-state index is 0.0574. The van der Waals surface area contributed by atoms with Gasteiger partial charge in [-0.25, -0.2) is 0 Å². The summed E-state index contributed by atoms with van der Waals surface area (Å²) in [4.78, 5) is 66.9. The zero-order chi connectivity index (χ0) is 63.8. The molecule has 0 aromatic heterocycles. The first-order chi connectivity index (χ1) is 43.4. The van der Waals surface area contributed by atoms with Crippen molar-refractivity contribution in [3.8, 4) is 5.75 Å². The molecule has 0 spiro atoms. The second-order valence-corrected chi connectivity index (χ2v) is 27.3. The average Bonchev–Trinajstić information content (AvgIpc) is 1.36. The summed E-state index contributed by atoms with van der Waals surface area (Å²) in [5.41, 5.74) is 5.88. The number of allylic oxidation sites excluding steroid dienone is 1. The number of anilines is 1. The fourth-order valence-corrected chi connectivity index (χ4v) is 16.2. The predicted octanol–water partition coefficient (Wildman–Crippen LogP) is 13.4. The number of rotatable bonds is 31. The monoisotopic (exact) mass is 1230 g/mol. The number of fused-ring (bicyclic) bond motifs is 5. The van der Waals surface area contributed by atoms with E-state index in [1.165, 1.54) is 75.6 Å². The van der Waals surface area contributed by atoms with Crippen molar-refractivity contribution in [1.29, 1.82) is 0 Å². The van der Waals surface area contributed by atoms with E-state index in [-0.39, 0.29) is 61.2 Å². The molecule has 5 aromatic rings. The summed E-state index contributed by atoms with van der Waals surface area (Å²) in [6.45, 7) is 13.7. The van der Waals surface area contributed by atoms with Crippen molar-refractivity contribution in [2.75, 3.05) is 25.0 Å². The molecule has 482 valence electrons. The molecular formula is C75H98N6O9. The number of nitro benzene ring substituents is 1. The first-order valence-corrected chi connectivity index (χ1v) is 33.5. The van der Waals surface area contributed by atoms with Gasteiger partial charge in [0.05, 0.1) is 23.2 Å². The van der Waals surface area contributed by atoms with Crippen molar-refractivity contribution in [1.82, 2.24) is 21.3 Å². The first kappa shape index (κ1) is 67.2. The zero-order valence-corrected chi connectivity index (χ0v) is 53.7. The van der Waals surface area contributed by atoms with Gasteiger partial charge >= 0.3 is 0 Å². The molecule has 7 N–H and O–H groups in total. The summed E-state index contributed by atoms with van der Waals surface area (Å²) >= 11 is 0. The van der Waals surface area contributed by atoms with Gasteiger partial charge in [0.15, 0.2) is 0 Å². The van der Waals surface area contributed by atoms with Gasteiger partial charge in [0.2, 0.25) is 23.6 Å². The minimum Gasteiger partial charge on any atom is -0.508 e. The van der Waals surface area contributed by atoms with Crippen LogP contribution in [-0.2, 0) is 42.5 Å². The molecule has 0 unspecified atom stereocenters. The number of amides is 4. The summed E-state index contributed by atoms with van der Waals surface area (Å²) in [5, 5.41) is 47.0. The molecule has 0 heterocycles. The Kier molecular flexibility index (Phi) is 23.3. The number of hydrogen-bond acceptors (Lipinski definition) is 10. The molecule has 15 heteroatoms. The lowest BCUT2D eigenvalue weighted by molar-refractivity contribution is -0.384. The zero-order valence-electron chi connectivity index (χ0n) is 53.7. The van der Waals surface area contributed by atoms with E-state index in [2.05, 4.69) is 91.5 Å². The van der Waals surface area contributed by atoms with Crippen LogP contribution in [-0.4, -0.2) is 76.6 Å². The van der Waals surface area contributed by atoms with Crippen molar-refractivity contribution >= 4 is 35.0 Å². The lowest BCUT2D eigenvalue weighted by Crippen LogP contribution is -2.53. The highest BCUT2D eigenvalue weighted by atomic mass is 16.6. The first-order valence-electron chi connectivity index (χ1n) is 33.5. The quantitative estimate of drug-likeness (QED) is 0.00731. The number of aromatic hydroxyl groups is 1. The summed E-state index contributed by atoms with van der Waals surface area (Å²) in [7, 11) is 0. The van der Waals surface area contributed by atoms with E-state index in [4.69, 9.17) is 4.74 Å². The molecule has 4 aliphatic rings. The second kappa shape index (κ2) is 31.2. The third-order valence-corrected chi connectivity index (χ3v) is 21.1. The van der Waals surface area contributed by atoms with Gasteiger partial charge in [0, 0.05) is 50.2 Å². The van der Waals surface area contributed by atoms with Crippen LogP contribution in [0.5, 0.6) is 5.75 Å². The Morgan fingerprint density at radius 1 is 0.678 bits per heavy atom. The third-order valence-electron chi connectivity index (χ3n) is 21.1. The van der Waals surface area contributed by atoms with Gasteiger partial charge in [-0.3, -0.25) is 34.6 Å². The van der Waals surface area contributed by atoms with Crippen LogP contribution in [0.15, 0.2) is 145 Å². The molecule has 90 heavy (non-hydrogen) atoms. The Morgan fingerprint density at radius 3 is 2.01 bits per heavy atom. The number of nitro groups is 1. The summed E-state index contributed by atoms with van der Waals surface area (Å²) in [6, 6.07) is 37.4. The minimum atomic E-state index is -1.22. The number of aliphatic hydroxyl groups is 1. The molecule has 4 amide bonds. The Balaban J connectivity index is 0.782. The number of ether oxygens (including phenoxy) is 1. The van der Waals surface area contributed by atoms with Gasteiger partial charge < -0.3 is 36.2 Å². The number of nitrogens with zero attached hydrogens (tertiary/aromatic N) is 1. The number of carbonyl (C=O) groups is 4. The van der Waals surface area contributed by atoms with Gasteiger partial charge in [-0.1, -0.05) is 163 Å². The van der Waals surface area contributed by atoms with E-state index in [1.807, 2.05) is 48.5 Å². The Hall–Kier alpha value is -7.20. The van der Waals surface area contributed by atoms with E-state index in [0.29, 0.717) is 61.2 Å². The molecule has 0 aliphatic heterocycles. The van der Waals surface area contributed by atoms with E-state index in [9.17, 15) is 39.5 Å². The third kappa shape index (κ3) is 16.5. The van der Waals surface area contributed by atoms with E-state index in [1.54, 1.807) is 42.0 Å². The molecule has 5 aromatic carbocycles. The number of carbonyl (C=O) groups excluding carboxylic acids is 4. The Bertz CT molecular complexity index is 3150. The van der Waals surface area contributed by atoms with Crippen LogP contribution in [0.2, 0.25) is 0 Å². The lowest BCUT2D eigenvalue weighted by Gasteiger charge is -2.58. The average molecular weight is 1230 g/mol. The smallest absolute Gasteiger partial charge is 0.269 e. The number of non-ortho nitro benzene ring substituents is 1. The number of benzene rings is 5. The largest absolute Gasteiger partial charge is 0.508 e. The molecule has 15 nitrogen and oxygen atoms in total. The van der Waals surface area contributed by atoms with E-state index < -0.39 is 40.3 Å². The number of hydrogen-bond donors (Lipinski definition) is 7. The van der Waals surface area contributed by atoms with Gasteiger partial charge in [0.25, 0.3) is 5.69 Å². The maximum Gasteiger partial charge on any atom is 0.269 e. The lowest BCUT2D eigenvalue weighted by atomic mass is 9.47. The molecule has 0 bridgehead atoms. The number of phenols is 1. The van der Waals surface area contributed by atoms with Gasteiger partial charge in [-0.05, 0) is 182 Å². The Labute approximate surface area is 533 Å². The topological polar surface area (TPSA) is 221 Å². The standard InChI is InChI=1S/C75H98N6O9/c1-51(2)16-14-17-52(3)64-37-38-65-63-36-29-58-49-62(41-43-73(58,4)66(63)42-44-74(64,65)5)90-47-15-45-76-69(84)39-40-70(85)79-68(48-53-25-32-60(33-26-53)81(88)89)72(87)80-67(71(86)78-59-30-23-54(50-82)24-31-59)22-12-13-46-77-75(55-18-8-6-9-19-55,56-20-10-7-11-21-56)57-27-34-61(83)35-28-57/h6-11,18-21,23-35,51-52,62-68,77,82-83H,12-17,22,36-50H2,1-5H3,(H,76,84)(H,78,86)(H,79,85)(H,80,87)/t52-,62+,63+,64-,65+,66+,67+,68+,73+,74-/m1/s1. The van der Waals surface area contributed by atoms with Crippen molar-refractivity contribution in [2.24, 2.45) is 46.3 Å². The van der Waals surface area contributed by atoms with Crippen LogP contribution in [0.3, 0.4) is 0 Å². The fraction of sp³-hybridized carbons (Fsp3) is 0.520. The van der Waals surface area contributed by atoms with Crippen LogP contribution < -0.4 is 26.6 Å². The number of phenolic OH excluding ortho intramolecular Hbond substituents is 1. The molecule has 0 saturated heterocycles. The maximum atomic E-state index is 14.6. The SMILES string of the molecule is CC(C)CCC[C@@H](C)[C@H]1CC[C@H]2[C@@H]3CC=C4C[C@@H](OCCCNC(=O)CCC(=O)N[C@@H](Cc5ccc([N+](=O)[O-])cc5)C(=O)N[C@@H](CCCCNC(c5ccccc5)(c5ccccc5)c5ccc(O)cc5)C(=O)Nc5ccc(CO)cc5)CC[C@]4(C)[C@H]3CC[C@]12C. The molecule has 0 radical (unpaired) electrons. The summed E-state index contributed by atoms with van der Waals surface area (Å²) in [6.07, 6.45) is 18.2.